The number of nitrogens with one attached hydrogen (secondary N) is 2. The van der Waals surface area contributed by atoms with Crippen LogP contribution in [0.25, 0.3) is 0 Å². The van der Waals surface area contributed by atoms with Crippen LogP contribution in [0.5, 0.6) is 0 Å². The molecule has 0 bridgehead atoms. The Kier molecular flexibility index (Phi) is 14.8. The molecule has 2 N–H and O–H groups in total. The maximum Gasteiger partial charge on any atom is 0.191 e. The average Bonchev–Trinajstić information content (AvgIpc) is 3.28. The lowest BCUT2D eigenvalue weighted by atomic mass is 10.4. The van der Waals surface area contributed by atoms with Crippen LogP contribution in [0.15, 0.2) is 4.99 Å². The molecule has 0 amide bonds. The summed E-state index contributed by atoms with van der Waals surface area (Å²) in [7, 11) is 1.79. The van der Waals surface area contributed by atoms with E-state index in [2.05, 4.69) is 22.5 Å². The Balaban J connectivity index is 0.00000400. The van der Waals surface area contributed by atoms with E-state index in [4.69, 9.17) is 9.47 Å². The molecule has 0 saturated heterocycles. The number of hydrogen-bond donors (Lipinski definition) is 2. The van der Waals surface area contributed by atoms with Gasteiger partial charge in [-0.15, -0.1) is 24.0 Å². The second-order valence-corrected chi connectivity index (χ2v) is 5.26. The van der Waals surface area contributed by atoms with Gasteiger partial charge in [-0.2, -0.15) is 0 Å². The normalized spacial score (nSPS) is 14.7. The van der Waals surface area contributed by atoms with Gasteiger partial charge < -0.3 is 20.1 Å². The Morgan fingerprint density at radius 1 is 1.05 bits per heavy atom. The highest BCUT2D eigenvalue weighted by Crippen LogP contribution is 2.28. The van der Waals surface area contributed by atoms with Crippen molar-refractivity contribution in [3.8, 4) is 0 Å². The lowest BCUT2D eigenvalue weighted by Gasteiger charge is -2.12. The van der Waals surface area contributed by atoms with Crippen molar-refractivity contribution >= 4 is 29.9 Å². The molecule has 5 nitrogen and oxygen atoms in total. The topological polar surface area (TPSA) is 54.9 Å². The molecule has 0 unspecified atom stereocenters. The van der Waals surface area contributed by atoms with E-state index < -0.39 is 0 Å². The molecule has 126 valence electrons. The van der Waals surface area contributed by atoms with E-state index in [1.54, 1.807) is 7.05 Å². The van der Waals surface area contributed by atoms with Crippen LogP contribution in [0.1, 0.15) is 39.0 Å². The number of ether oxygens (including phenoxy) is 2. The minimum Gasteiger partial charge on any atom is -0.381 e. The van der Waals surface area contributed by atoms with Gasteiger partial charge >= 0.3 is 0 Å². The Labute approximate surface area is 146 Å². The Morgan fingerprint density at radius 3 is 2.43 bits per heavy atom. The number of halogens is 1. The third kappa shape index (κ3) is 13.3. The van der Waals surface area contributed by atoms with Gasteiger partial charge in [0.1, 0.15) is 0 Å². The lowest BCUT2D eigenvalue weighted by Crippen LogP contribution is -2.39. The monoisotopic (exact) mass is 413 g/mol. The first kappa shape index (κ1) is 20.9. The van der Waals surface area contributed by atoms with Crippen molar-refractivity contribution in [1.29, 1.82) is 0 Å². The Morgan fingerprint density at radius 2 is 1.76 bits per heavy atom. The quantitative estimate of drug-likeness (QED) is 0.223. The second kappa shape index (κ2) is 14.8. The van der Waals surface area contributed by atoms with E-state index in [0.29, 0.717) is 0 Å². The molecule has 1 aliphatic rings. The van der Waals surface area contributed by atoms with Crippen LogP contribution in [-0.2, 0) is 9.47 Å². The smallest absolute Gasteiger partial charge is 0.191 e. The summed E-state index contributed by atoms with van der Waals surface area (Å²) in [4.78, 5) is 4.18. The maximum absolute atomic E-state index is 5.57. The van der Waals surface area contributed by atoms with Crippen LogP contribution in [0.3, 0.4) is 0 Å². The molecular formula is C15H32IN3O2. The van der Waals surface area contributed by atoms with Crippen molar-refractivity contribution in [3.05, 3.63) is 0 Å². The summed E-state index contributed by atoms with van der Waals surface area (Å²) in [6.07, 6.45) is 6.03. The van der Waals surface area contributed by atoms with E-state index in [9.17, 15) is 0 Å². The highest BCUT2D eigenvalue weighted by Gasteiger charge is 2.20. The third-order valence-electron chi connectivity index (χ3n) is 3.21. The molecule has 0 aromatic rings. The first-order chi connectivity index (χ1) is 9.86. The number of guanidine groups is 1. The van der Waals surface area contributed by atoms with Gasteiger partial charge in [0.05, 0.1) is 6.61 Å². The minimum absolute atomic E-state index is 0. The summed E-state index contributed by atoms with van der Waals surface area (Å²) in [5.41, 5.74) is 0. The fraction of sp³-hybridized carbons (Fsp3) is 0.933. The molecule has 1 fully saturated rings. The SMILES string of the molecule is CCCCOCCCNC(=NC)NCCOCC1CC1.I. The van der Waals surface area contributed by atoms with E-state index >= 15 is 0 Å². The van der Waals surface area contributed by atoms with Crippen LogP contribution in [-0.4, -0.2) is 52.5 Å². The van der Waals surface area contributed by atoms with Crippen molar-refractivity contribution in [2.75, 3.05) is 46.6 Å². The van der Waals surface area contributed by atoms with Crippen LogP contribution in [0.4, 0.5) is 0 Å². The van der Waals surface area contributed by atoms with Crippen LogP contribution < -0.4 is 10.6 Å². The van der Waals surface area contributed by atoms with Gasteiger partial charge in [0, 0.05) is 40.0 Å². The fourth-order valence-corrected chi connectivity index (χ4v) is 1.73. The predicted octanol–water partition coefficient (Wildman–Crippen LogP) is 2.40. The number of aliphatic imine (C=N–C) groups is 1. The second-order valence-electron chi connectivity index (χ2n) is 5.26. The molecule has 0 aliphatic heterocycles. The standard InChI is InChI=1S/C15H31N3O2.HI/c1-3-4-10-19-11-5-8-17-15(16-2)18-9-12-20-13-14-6-7-14;/h14H,3-13H2,1-2H3,(H2,16,17,18);1H. The highest BCUT2D eigenvalue weighted by atomic mass is 127. The maximum atomic E-state index is 5.57. The molecule has 0 atom stereocenters. The van der Waals surface area contributed by atoms with Crippen LogP contribution >= 0.6 is 24.0 Å². The molecular weight excluding hydrogens is 381 g/mol. The number of nitrogens with zero attached hydrogens (tertiary/aromatic N) is 1. The van der Waals surface area contributed by atoms with Gasteiger partial charge in [-0.3, -0.25) is 4.99 Å². The fourth-order valence-electron chi connectivity index (χ4n) is 1.73. The van der Waals surface area contributed by atoms with Crippen molar-refractivity contribution < 1.29 is 9.47 Å². The third-order valence-corrected chi connectivity index (χ3v) is 3.21. The highest BCUT2D eigenvalue weighted by molar-refractivity contribution is 14.0. The molecule has 1 saturated carbocycles. The lowest BCUT2D eigenvalue weighted by molar-refractivity contribution is 0.128. The average molecular weight is 413 g/mol. The van der Waals surface area contributed by atoms with Gasteiger partial charge in [0.15, 0.2) is 5.96 Å². The molecule has 0 aromatic heterocycles. The number of hydrogen-bond acceptors (Lipinski definition) is 3. The molecule has 0 aromatic carbocycles. The first-order valence-electron chi connectivity index (χ1n) is 7.96. The van der Waals surface area contributed by atoms with Crippen molar-refractivity contribution in [3.63, 3.8) is 0 Å². The van der Waals surface area contributed by atoms with Gasteiger partial charge in [-0.1, -0.05) is 13.3 Å². The number of unbranched alkanes of at least 4 members (excludes halogenated alkanes) is 1. The summed E-state index contributed by atoms with van der Waals surface area (Å²) >= 11 is 0. The summed E-state index contributed by atoms with van der Waals surface area (Å²) in [5.74, 6) is 1.67. The minimum atomic E-state index is 0. The molecule has 0 spiro atoms. The van der Waals surface area contributed by atoms with Gasteiger partial charge in [-0.25, -0.2) is 0 Å². The molecule has 21 heavy (non-hydrogen) atoms. The summed E-state index contributed by atoms with van der Waals surface area (Å²) < 4.78 is 11.1. The first-order valence-corrected chi connectivity index (χ1v) is 7.96. The number of rotatable bonds is 12. The largest absolute Gasteiger partial charge is 0.381 e. The zero-order valence-electron chi connectivity index (χ0n) is 13.5. The van der Waals surface area contributed by atoms with Gasteiger partial charge in [0.2, 0.25) is 0 Å². The predicted molar refractivity (Wildman–Crippen MR) is 98.7 cm³/mol. The molecule has 1 rings (SSSR count). The molecule has 6 heteroatoms. The van der Waals surface area contributed by atoms with Crippen LogP contribution in [0.2, 0.25) is 0 Å². The molecule has 0 radical (unpaired) electrons. The van der Waals surface area contributed by atoms with E-state index in [1.165, 1.54) is 19.3 Å². The van der Waals surface area contributed by atoms with E-state index in [0.717, 1.165) is 64.2 Å². The zero-order valence-corrected chi connectivity index (χ0v) is 15.9. The zero-order chi connectivity index (χ0) is 14.5. The van der Waals surface area contributed by atoms with Crippen LogP contribution in [0, 0.1) is 5.92 Å². The summed E-state index contributed by atoms with van der Waals surface area (Å²) in [5, 5.41) is 6.52. The van der Waals surface area contributed by atoms with E-state index in [-0.39, 0.29) is 24.0 Å². The van der Waals surface area contributed by atoms with Crippen molar-refractivity contribution in [2.45, 2.75) is 39.0 Å². The van der Waals surface area contributed by atoms with Crippen molar-refractivity contribution in [2.24, 2.45) is 10.9 Å². The molecule has 1 aliphatic carbocycles. The molecule has 0 heterocycles. The summed E-state index contributed by atoms with van der Waals surface area (Å²) in [6.45, 7) is 7.22. The Bertz CT molecular complexity index is 261. The van der Waals surface area contributed by atoms with Gasteiger partial charge in [-0.05, 0) is 31.6 Å². The van der Waals surface area contributed by atoms with Gasteiger partial charge in [0.25, 0.3) is 0 Å². The summed E-state index contributed by atoms with van der Waals surface area (Å²) in [6, 6.07) is 0. The van der Waals surface area contributed by atoms with E-state index in [1.807, 2.05) is 0 Å². The Hall–Kier alpha value is -0.0800. The van der Waals surface area contributed by atoms with Crippen molar-refractivity contribution in [1.82, 2.24) is 10.6 Å².